The fourth-order valence-electron chi connectivity index (χ4n) is 4.12. The maximum Gasteiger partial charge on any atom is 0.160 e. The summed E-state index contributed by atoms with van der Waals surface area (Å²) in [5.41, 5.74) is 2.07. The third-order valence-corrected chi connectivity index (χ3v) is 5.81. The number of H-pyrrole nitrogens is 1. The molecule has 0 unspecified atom stereocenters. The molecule has 3 N–H and O–H groups in total. The van der Waals surface area contributed by atoms with Crippen LogP contribution in [0.15, 0.2) is 42.9 Å². The number of nitrogens with zero attached hydrogens (tertiary/aromatic N) is 3. The van der Waals surface area contributed by atoms with Gasteiger partial charge in [0.1, 0.15) is 12.1 Å². The summed E-state index contributed by atoms with van der Waals surface area (Å²) in [6.45, 7) is 0.907. The van der Waals surface area contributed by atoms with E-state index in [9.17, 15) is 5.11 Å². The van der Waals surface area contributed by atoms with Gasteiger partial charge in [0.2, 0.25) is 0 Å². The Balaban J connectivity index is 1.22. The molecule has 2 aromatic heterocycles. The van der Waals surface area contributed by atoms with Gasteiger partial charge in [0.25, 0.3) is 0 Å². The predicted molar refractivity (Wildman–Crippen MR) is 106 cm³/mol. The van der Waals surface area contributed by atoms with Gasteiger partial charge < -0.3 is 10.4 Å². The van der Waals surface area contributed by atoms with E-state index in [1.165, 1.54) is 5.56 Å². The summed E-state index contributed by atoms with van der Waals surface area (Å²) in [4.78, 5) is 8.51. The van der Waals surface area contributed by atoms with Crippen LogP contribution in [0.1, 0.15) is 37.7 Å². The number of nitrogens with one attached hydrogen (secondary N) is 2. The quantitative estimate of drug-likeness (QED) is 0.596. The number of aliphatic hydroxyl groups is 1. The van der Waals surface area contributed by atoms with Crippen LogP contribution in [-0.4, -0.2) is 37.9 Å². The van der Waals surface area contributed by atoms with Gasteiger partial charge in [-0.1, -0.05) is 30.3 Å². The van der Waals surface area contributed by atoms with E-state index in [1.807, 2.05) is 6.07 Å². The highest BCUT2D eigenvalue weighted by Crippen LogP contribution is 2.32. The molecule has 4 rings (SSSR count). The Labute approximate surface area is 159 Å². The van der Waals surface area contributed by atoms with Crippen LogP contribution in [-0.2, 0) is 6.42 Å². The third-order valence-electron chi connectivity index (χ3n) is 5.81. The van der Waals surface area contributed by atoms with E-state index in [0.29, 0.717) is 11.8 Å². The Morgan fingerprint density at radius 1 is 1.11 bits per heavy atom. The van der Waals surface area contributed by atoms with Crippen LogP contribution >= 0.6 is 0 Å². The van der Waals surface area contributed by atoms with Crippen molar-refractivity contribution in [2.45, 2.75) is 44.6 Å². The number of aromatic amines is 1. The van der Waals surface area contributed by atoms with E-state index >= 15 is 0 Å². The van der Waals surface area contributed by atoms with Gasteiger partial charge in [-0.15, -0.1) is 0 Å². The maximum atomic E-state index is 10.6. The molecule has 6 heteroatoms. The molecule has 2 heterocycles. The molecule has 0 aliphatic heterocycles. The Bertz CT molecular complexity index is 842. The minimum atomic E-state index is -0.188. The van der Waals surface area contributed by atoms with Crippen molar-refractivity contribution in [3.63, 3.8) is 0 Å². The smallest absolute Gasteiger partial charge is 0.160 e. The fraction of sp³-hybridized carbons (Fsp3) is 0.476. The van der Waals surface area contributed by atoms with Gasteiger partial charge in [-0.25, -0.2) is 9.97 Å². The zero-order valence-corrected chi connectivity index (χ0v) is 15.5. The Kier molecular flexibility index (Phi) is 5.63. The van der Waals surface area contributed by atoms with Crippen LogP contribution in [0.5, 0.6) is 0 Å². The fourth-order valence-corrected chi connectivity index (χ4v) is 4.12. The van der Waals surface area contributed by atoms with Crippen molar-refractivity contribution in [3.05, 3.63) is 48.4 Å². The average Bonchev–Trinajstić information content (AvgIpc) is 3.21. The predicted octanol–water partition coefficient (Wildman–Crippen LogP) is 3.56. The van der Waals surface area contributed by atoms with Gasteiger partial charge >= 0.3 is 0 Å². The summed E-state index contributed by atoms with van der Waals surface area (Å²) >= 11 is 0. The number of aliphatic hydroxyl groups excluding tert-OH is 1. The van der Waals surface area contributed by atoms with Gasteiger partial charge in [0.05, 0.1) is 17.7 Å². The lowest BCUT2D eigenvalue weighted by atomic mass is 9.78. The van der Waals surface area contributed by atoms with Crippen molar-refractivity contribution in [2.75, 3.05) is 11.9 Å². The number of hydrogen-bond donors (Lipinski definition) is 3. The largest absolute Gasteiger partial charge is 0.393 e. The van der Waals surface area contributed by atoms with Crippen molar-refractivity contribution in [1.82, 2.24) is 20.2 Å². The summed E-state index contributed by atoms with van der Waals surface area (Å²) in [5, 5.41) is 21.9. The second-order valence-corrected chi connectivity index (χ2v) is 7.61. The van der Waals surface area contributed by atoms with E-state index < -0.39 is 0 Å². The van der Waals surface area contributed by atoms with Gasteiger partial charge in [-0.05, 0) is 55.9 Å². The summed E-state index contributed by atoms with van der Waals surface area (Å²) in [6, 6.07) is 10.4. The lowest BCUT2D eigenvalue weighted by molar-refractivity contribution is 0.0684. The molecule has 1 atom stereocenters. The van der Waals surface area contributed by atoms with E-state index in [4.69, 9.17) is 0 Å². The molecule has 0 bridgehead atoms. The van der Waals surface area contributed by atoms with Crippen molar-refractivity contribution >= 4 is 16.9 Å². The van der Waals surface area contributed by atoms with Gasteiger partial charge in [-0.2, -0.15) is 5.10 Å². The number of aryl methyl sites for hydroxylation is 1. The molecule has 142 valence electrons. The summed E-state index contributed by atoms with van der Waals surface area (Å²) < 4.78 is 0. The molecule has 1 aliphatic rings. The molecular formula is C21H27N5O. The highest BCUT2D eigenvalue weighted by atomic mass is 16.3. The maximum absolute atomic E-state index is 10.6. The number of anilines is 1. The van der Waals surface area contributed by atoms with Crippen LogP contribution in [0.4, 0.5) is 5.82 Å². The van der Waals surface area contributed by atoms with Crippen molar-refractivity contribution in [3.8, 4) is 0 Å². The van der Waals surface area contributed by atoms with E-state index in [1.54, 1.807) is 12.5 Å². The molecule has 3 aromatic rings. The lowest BCUT2D eigenvalue weighted by Gasteiger charge is -2.31. The first kappa shape index (κ1) is 17.9. The SMILES string of the molecule is O[C@@H](CCc1ccccc1)C1CCC(CNc2ncnc3[nH]ncc23)CC1. The van der Waals surface area contributed by atoms with Crippen LogP contribution in [0, 0.1) is 11.8 Å². The highest BCUT2D eigenvalue weighted by Gasteiger charge is 2.26. The van der Waals surface area contributed by atoms with E-state index in [2.05, 4.69) is 49.7 Å². The average molecular weight is 365 g/mol. The topological polar surface area (TPSA) is 86.7 Å². The monoisotopic (exact) mass is 365 g/mol. The van der Waals surface area contributed by atoms with Crippen LogP contribution in [0.2, 0.25) is 0 Å². The molecule has 1 saturated carbocycles. The number of benzene rings is 1. The van der Waals surface area contributed by atoms with Crippen LogP contribution in [0.3, 0.4) is 0 Å². The standard InChI is InChI=1S/C21H27N5O/c27-19(11-8-15-4-2-1-3-5-15)17-9-6-16(7-10-17)12-22-20-18-13-25-26-21(18)24-14-23-20/h1-5,13-14,16-17,19,27H,6-12H2,(H2,22,23,24,25,26)/t16?,17?,19-/m0/s1. The van der Waals surface area contributed by atoms with Gasteiger partial charge in [0.15, 0.2) is 5.65 Å². The molecule has 0 radical (unpaired) electrons. The molecule has 1 aromatic carbocycles. The Morgan fingerprint density at radius 2 is 1.93 bits per heavy atom. The number of rotatable bonds is 7. The minimum absolute atomic E-state index is 0.188. The van der Waals surface area contributed by atoms with Crippen LogP contribution in [0.25, 0.3) is 11.0 Å². The molecular weight excluding hydrogens is 338 g/mol. The molecule has 0 spiro atoms. The first-order valence-corrected chi connectivity index (χ1v) is 9.89. The Morgan fingerprint density at radius 3 is 2.74 bits per heavy atom. The normalized spacial score (nSPS) is 21.2. The zero-order valence-electron chi connectivity index (χ0n) is 15.5. The minimum Gasteiger partial charge on any atom is -0.393 e. The van der Waals surface area contributed by atoms with Crippen molar-refractivity contribution in [1.29, 1.82) is 0 Å². The first-order chi connectivity index (χ1) is 13.3. The van der Waals surface area contributed by atoms with Crippen LogP contribution < -0.4 is 5.32 Å². The first-order valence-electron chi connectivity index (χ1n) is 9.89. The second kappa shape index (κ2) is 8.48. The molecule has 1 fully saturated rings. The third kappa shape index (κ3) is 4.45. The summed E-state index contributed by atoms with van der Waals surface area (Å²) in [5.74, 6) is 1.91. The van der Waals surface area contributed by atoms with E-state index in [0.717, 1.165) is 61.9 Å². The highest BCUT2D eigenvalue weighted by molar-refractivity contribution is 5.85. The zero-order chi connectivity index (χ0) is 18.5. The molecule has 27 heavy (non-hydrogen) atoms. The molecule has 0 saturated heterocycles. The van der Waals surface area contributed by atoms with Crippen molar-refractivity contribution in [2.24, 2.45) is 11.8 Å². The summed E-state index contributed by atoms with van der Waals surface area (Å²) in [7, 11) is 0. The molecule has 0 amide bonds. The van der Waals surface area contributed by atoms with Gasteiger partial charge in [0, 0.05) is 6.54 Å². The summed E-state index contributed by atoms with van der Waals surface area (Å²) in [6.07, 6.45) is 9.46. The number of fused-ring (bicyclic) bond motifs is 1. The number of aromatic nitrogens is 4. The van der Waals surface area contributed by atoms with Crippen molar-refractivity contribution < 1.29 is 5.11 Å². The molecule has 6 nitrogen and oxygen atoms in total. The lowest BCUT2D eigenvalue weighted by Crippen LogP contribution is -2.28. The second-order valence-electron chi connectivity index (χ2n) is 7.61. The molecule has 1 aliphatic carbocycles. The van der Waals surface area contributed by atoms with Gasteiger partial charge in [-0.3, -0.25) is 5.10 Å². The number of hydrogen-bond acceptors (Lipinski definition) is 5. The van der Waals surface area contributed by atoms with E-state index in [-0.39, 0.29) is 6.10 Å². The Hall–Kier alpha value is -2.47.